The molecular formula is C18H27N2O3+. The van der Waals surface area contributed by atoms with E-state index < -0.39 is 0 Å². The van der Waals surface area contributed by atoms with Crippen LogP contribution in [0.1, 0.15) is 32.3 Å². The first kappa shape index (κ1) is 17.5. The van der Waals surface area contributed by atoms with Crippen LogP contribution in [-0.2, 0) is 20.9 Å². The highest BCUT2D eigenvalue weighted by Gasteiger charge is 2.33. The van der Waals surface area contributed by atoms with Gasteiger partial charge in [0.1, 0.15) is 0 Å². The molecule has 5 heteroatoms. The zero-order valence-corrected chi connectivity index (χ0v) is 14.0. The lowest BCUT2D eigenvalue weighted by molar-refractivity contribution is -0.919. The molecule has 1 fully saturated rings. The number of carbonyl (C=O) groups excluding carboxylic acids is 2. The van der Waals surface area contributed by atoms with Crippen LogP contribution in [0.3, 0.4) is 0 Å². The van der Waals surface area contributed by atoms with Crippen molar-refractivity contribution in [3.05, 3.63) is 35.9 Å². The monoisotopic (exact) mass is 319 g/mol. The maximum absolute atomic E-state index is 12.3. The van der Waals surface area contributed by atoms with Crippen molar-refractivity contribution in [1.29, 1.82) is 0 Å². The number of hydrogen-bond donors (Lipinski definition) is 2. The number of nitrogens with one attached hydrogen (secondary N) is 2. The molecule has 1 heterocycles. The van der Waals surface area contributed by atoms with Gasteiger partial charge in [-0.05, 0) is 19.4 Å². The Hall–Kier alpha value is -1.88. The summed E-state index contributed by atoms with van der Waals surface area (Å²) in [5, 5.41) is 3.00. The zero-order chi connectivity index (χ0) is 16.7. The average Bonchev–Trinajstić information content (AvgIpc) is 2.60. The van der Waals surface area contributed by atoms with Crippen LogP contribution in [0.5, 0.6) is 0 Å². The highest BCUT2D eigenvalue weighted by atomic mass is 16.5. The second-order valence-corrected chi connectivity index (χ2v) is 6.11. The van der Waals surface area contributed by atoms with E-state index >= 15 is 0 Å². The maximum Gasteiger partial charge on any atom is 0.309 e. The summed E-state index contributed by atoms with van der Waals surface area (Å²) >= 11 is 0. The average molecular weight is 319 g/mol. The molecule has 0 aromatic heterocycles. The summed E-state index contributed by atoms with van der Waals surface area (Å²) in [6.45, 7) is 6.46. The fraction of sp³-hybridized carbons (Fsp3) is 0.556. The van der Waals surface area contributed by atoms with Crippen molar-refractivity contribution < 1.29 is 19.2 Å². The Labute approximate surface area is 138 Å². The molecule has 0 spiro atoms. The number of carbonyl (C=O) groups is 2. The van der Waals surface area contributed by atoms with Crippen LogP contribution >= 0.6 is 0 Å². The molecular weight excluding hydrogens is 292 g/mol. The third-order valence-electron chi connectivity index (χ3n) is 4.56. The van der Waals surface area contributed by atoms with Gasteiger partial charge in [0.15, 0.2) is 6.04 Å². The van der Waals surface area contributed by atoms with Crippen LogP contribution in [0, 0.1) is 5.92 Å². The molecule has 2 rings (SSSR count). The summed E-state index contributed by atoms with van der Waals surface area (Å²) in [6.07, 6.45) is 1.59. The summed E-state index contributed by atoms with van der Waals surface area (Å²) < 4.78 is 5.08. The number of ether oxygens (including phenoxy) is 1. The van der Waals surface area contributed by atoms with Gasteiger partial charge in [0.05, 0.1) is 25.6 Å². The molecule has 2 N–H and O–H groups in total. The number of amides is 1. The molecule has 1 aromatic carbocycles. The highest BCUT2D eigenvalue weighted by Crippen LogP contribution is 2.11. The van der Waals surface area contributed by atoms with Gasteiger partial charge >= 0.3 is 5.97 Å². The highest BCUT2D eigenvalue weighted by molar-refractivity contribution is 5.80. The minimum atomic E-state index is -0.0955. The Morgan fingerprint density at radius 3 is 2.52 bits per heavy atom. The van der Waals surface area contributed by atoms with Gasteiger partial charge < -0.3 is 15.0 Å². The van der Waals surface area contributed by atoms with Gasteiger partial charge in [0, 0.05) is 19.4 Å². The van der Waals surface area contributed by atoms with Crippen molar-refractivity contribution in [1.82, 2.24) is 5.32 Å². The van der Waals surface area contributed by atoms with Crippen molar-refractivity contribution in [3.8, 4) is 0 Å². The lowest BCUT2D eigenvalue weighted by Crippen LogP contribution is -3.17. The minimum Gasteiger partial charge on any atom is -0.466 e. The van der Waals surface area contributed by atoms with E-state index in [1.807, 2.05) is 44.2 Å². The van der Waals surface area contributed by atoms with E-state index in [2.05, 4.69) is 5.32 Å². The molecule has 0 bridgehead atoms. The van der Waals surface area contributed by atoms with E-state index in [-0.39, 0.29) is 23.8 Å². The first-order valence-corrected chi connectivity index (χ1v) is 8.44. The number of likely N-dealkylation sites (tertiary alicyclic amines) is 1. The Bertz CT molecular complexity index is 510. The maximum atomic E-state index is 12.3. The summed E-state index contributed by atoms with van der Waals surface area (Å²) in [5.74, 6) is -0.0237. The first-order chi connectivity index (χ1) is 11.1. The van der Waals surface area contributed by atoms with Crippen molar-refractivity contribution >= 4 is 11.9 Å². The van der Waals surface area contributed by atoms with Crippen molar-refractivity contribution in [2.24, 2.45) is 5.92 Å². The van der Waals surface area contributed by atoms with Crippen LogP contribution in [-0.4, -0.2) is 37.6 Å². The molecule has 1 aliphatic rings. The van der Waals surface area contributed by atoms with Crippen LogP contribution in [0.4, 0.5) is 0 Å². The number of quaternary nitrogens is 1. The Kier molecular flexibility index (Phi) is 6.59. The fourth-order valence-electron chi connectivity index (χ4n) is 3.04. The Balaban J connectivity index is 1.76. The van der Waals surface area contributed by atoms with Crippen LogP contribution in [0.15, 0.2) is 30.3 Å². The lowest BCUT2D eigenvalue weighted by atomic mass is 9.96. The van der Waals surface area contributed by atoms with Gasteiger partial charge in [-0.3, -0.25) is 9.59 Å². The Morgan fingerprint density at radius 2 is 1.91 bits per heavy atom. The first-order valence-electron chi connectivity index (χ1n) is 8.44. The number of piperidine rings is 1. The van der Waals surface area contributed by atoms with Gasteiger partial charge in [-0.1, -0.05) is 30.3 Å². The molecule has 1 atom stereocenters. The predicted octanol–water partition coefficient (Wildman–Crippen LogP) is 0.549. The largest absolute Gasteiger partial charge is 0.466 e. The van der Waals surface area contributed by atoms with E-state index in [0.29, 0.717) is 13.2 Å². The van der Waals surface area contributed by atoms with Gasteiger partial charge in [-0.2, -0.15) is 0 Å². The molecule has 0 saturated carbocycles. The second kappa shape index (κ2) is 8.67. The van der Waals surface area contributed by atoms with Gasteiger partial charge in [0.2, 0.25) is 0 Å². The standard InChI is InChI=1S/C18H26N2O3/c1-3-23-18(22)16-9-11-20(12-10-16)14(2)17(21)19-13-15-7-5-4-6-8-15/h4-8,14,16H,3,9-13H2,1-2H3,(H,19,21)/p+1/t14-/m1/s1. The quantitative estimate of drug-likeness (QED) is 0.753. The number of esters is 1. The SMILES string of the molecule is CCOC(=O)C1CC[NH+]([C@H](C)C(=O)NCc2ccccc2)CC1. The van der Waals surface area contributed by atoms with Gasteiger partial charge in [-0.25, -0.2) is 0 Å². The molecule has 23 heavy (non-hydrogen) atoms. The molecule has 1 amide bonds. The van der Waals surface area contributed by atoms with Gasteiger partial charge in [-0.15, -0.1) is 0 Å². The third-order valence-corrected chi connectivity index (χ3v) is 4.56. The molecule has 1 aromatic rings. The summed E-state index contributed by atoms with van der Waals surface area (Å²) in [4.78, 5) is 25.3. The van der Waals surface area contributed by atoms with Crippen LogP contribution in [0.25, 0.3) is 0 Å². The smallest absolute Gasteiger partial charge is 0.309 e. The molecule has 1 aliphatic heterocycles. The van der Waals surface area contributed by atoms with E-state index in [4.69, 9.17) is 4.74 Å². The molecule has 0 radical (unpaired) electrons. The third kappa shape index (κ3) is 5.06. The van der Waals surface area contributed by atoms with Crippen molar-refractivity contribution in [2.45, 2.75) is 39.3 Å². The number of rotatable bonds is 6. The van der Waals surface area contributed by atoms with Crippen LogP contribution in [0.2, 0.25) is 0 Å². The lowest BCUT2D eigenvalue weighted by Gasteiger charge is -2.31. The molecule has 126 valence electrons. The fourth-order valence-corrected chi connectivity index (χ4v) is 3.04. The topological polar surface area (TPSA) is 59.8 Å². The molecule has 0 unspecified atom stereocenters. The number of benzene rings is 1. The summed E-state index contributed by atoms with van der Waals surface area (Å²) in [5.41, 5.74) is 1.10. The van der Waals surface area contributed by atoms with E-state index in [0.717, 1.165) is 31.5 Å². The molecule has 1 saturated heterocycles. The normalized spacial score (nSPS) is 22.2. The van der Waals surface area contributed by atoms with Crippen LogP contribution < -0.4 is 10.2 Å². The van der Waals surface area contributed by atoms with E-state index in [1.165, 1.54) is 4.90 Å². The van der Waals surface area contributed by atoms with Gasteiger partial charge in [0.25, 0.3) is 5.91 Å². The summed E-state index contributed by atoms with van der Waals surface area (Å²) in [6, 6.07) is 9.81. The minimum absolute atomic E-state index is 0.00159. The zero-order valence-electron chi connectivity index (χ0n) is 14.0. The van der Waals surface area contributed by atoms with E-state index in [9.17, 15) is 9.59 Å². The summed E-state index contributed by atoms with van der Waals surface area (Å²) in [7, 11) is 0. The number of hydrogen-bond acceptors (Lipinski definition) is 3. The Morgan fingerprint density at radius 1 is 1.26 bits per heavy atom. The molecule has 5 nitrogen and oxygen atoms in total. The van der Waals surface area contributed by atoms with Crippen molar-refractivity contribution in [3.63, 3.8) is 0 Å². The second-order valence-electron chi connectivity index (χ2n) is 6.11. The van der Waals surface area contributed by atoms with Crippen molar-refractivity contribution in [2.75, 3.05) is 19.7 Å². The predicted molar refractivity (Wildman–Crippen MR) is 87.8 cm³/mol. The van der Waals surface area contributed by atoms with E-state index in [1.54, 1.807) is 0 Å². The molecule has 0 aliphatic carbocycles.